The third kappa shape index (κ3) is 3.41. The van der Waals surface area contributed by atoms with Gasteiger partial charge in [0.2, 0.25) is 11.7 Å². The van der Waals surface area contributed by atoms with Crippen LogP contribution in [0.4, 0.5) is 0 Å². The molecule has 2 saturated heterocycles. The summed E-state index contributed by atoms with van der Waals surface area (Å²) in [5.41, 5.74) is 2.09. The molecule has 2 aromatic rings. The maximum absolute atomic E-state index is 12.8. The average Bonchev–Trinajstić information content (AvgIpc) is 3.29. The quantitative estimate of drug-likeness (QED) is 0.823. The van der Waals surface area contributed by atoms with Crippen molar-refractivity contribution in [1.82, 2.24) is 24.8 Å². The highest BCUT2D eigenvalue weighted by molar-refractivity contribution is 5.91. The molecule has 0 unspecified atom stereocenters. The van der Waals surface area contributed by atoms with Crippen LogP contribution in [0.3, 0.4) is 0 Å². The van der Waals surface area contributed by atoms with Crippen LogP contribution in [0.25, 0.3) is 0 Å². The number of pyridine rings is 1. The Morgan fingerprint density at radius 1 is 1.00 bits per heavy atom. The second kappa shape index (κ2) is 7.42. The lowest BCUT2D eigenvalue weighted by Gasteiger charge is -2.25. The molecular weight excluding hydrogens is 342 g/mol. The largest absolute Gasteiger partial charge is 0.337 e. The summed E-state index contributed by atoms with van der Waals surface area (Å²) in [6.07, 6.45) is 7.75. The van der Waals surface area contributed by atoms with E-state index in [1.165, 1.54) is 0 Å². The number of aryl methyl sites for hydroxylation is 2. The molecule has 2 fully saturated rings. The van der Waals surface area contributed by atoms with E-state index in [1.54, 1.807) is 24.7 Å². The minimum Gasteiger partial charge on any atom is -0.337 e. The summed E-state index contributed by atoms with van der Waals surface area (Å²) in [4.78, 5) is 41.7. The van der Waals surface area contributed by atoms with Crippen LogP contribution >= 0.6 is 0 Å². The summed E-state index contributed by atoms with van der Waals surface area (Å²) in [5, 5.41) is 0. The van der Waals surface area contributed by atoms with E-state index in [0.29, 0.717) is 25.9 Å². The summed E-state index contributed by atoms with van der Waals surface area (Å²) in [6.45, 7) is 3.33. The maximum atomic E-state index is 12.8. The minimum atomic E-state index is -0.136. The number of fused-ring (bicyclic) bond motifs is 1. The maximum Gasteiger partial charge on any atom is 0.291 e. The molecule has 4 heterocycles. The Balaban J connectivity index is 1.39. The molecule has 0 radical (unpaired) electrons. The molecule has 27 heavy (non-hydrogen) atoms. The topological polar surface area (TPSA) is 79.3 Å². The number of carbonyl (C=O) groups excluding carboxylic acids is 2. The van der Waals surface area contributed by atoms with Crippen molar-refractivity contribution in [2.75, 3.05) is 13.1 Å². The van der Waals surface area contributed by atoms with Crippen molar-refractivity contribution in [3.63, 3.8) is 0 Å². The zero-order valence-corrected chi connectivity index (χ0v) is 15.4. The normalized spacial score (nSPS) is 21.4. The summed E-state index contributed by atoms with van der Waals surface area (Å²) >= 11 is 0. The van der Waals surface area contributed by atoms with Gasteiger partial charge in [-0.3, -0.25) is 14.6 Å². The van der Waals surface area contributed by atoms with E-state index in [1.807, 2.05) is 28.9 Å². The van der Waals surface area contributed by atoms with E-state index in [4.69, 9.17) is 0 Å². The molecule has 0 saturated carbocycles. The molecule has 2 atom stereocenters. The van der Waals surface area contributed by atoms with Crippen LogP contribution in [0.1, 0.15) is 41.1 Å². The monoisotopic (exact) mass is 365 g/mol. The molecule has 7 heteroatoms. The Morgan fingerprint density at radius 3 is 2.41 bits per heavy atom. The van der Waals surface area contributed by atoms with E-state index in [2.05, 4.69) is 15.0 Å². The van der Waals surface area contributed by atoms with E-state index in [-0.39, 0.29) is 29.7 Å². The van der Waals surface area contributed by atoms with Crippen LogP contribution in [-0.2, 0) is 11.2 Å². The highest BCUT2D eigenvalue weighted by Crippen LogP contribution is 2.32. The molecule has 2 amide bonds. The number of aromatic nitrogens is 3. The van der Waals surface area contributed by atoms with Crippen LogP contribution in [-0.4, -0.2) is 61.7 Å². The average molecular weight is 365 g/mol. The van der Waals surface area contributed by atoms with Crippen LogP contribution in [0.15, 0.2) is 36.8 Å². The Labute approximate surface area is 158 Å². The van der Waals surface area contributed by atoms with Gasteiger partial charge in [0.1, 0.15) is 0 Å². The van der Waals surface area contributed by atoms with Gasteiger partial charge in [-0.1, -0.05) is 6.07 Å². The summed E-state index contributed by atoms with van der Waals surface area (Å²) < 4.78 is 0. The molecule has 2 aromatic heterocycles. The van der Waals surface area contributed by atoms with Crippen LogP contribution in [0.5, 0.6) is 0 Å². The van der Waals surface area contributed by atoms with Gasteiger partial charge in [0.05, 0.1) is 12.1 Å². The molecular formula is C20H23N5O2. The van der Waals surface area contributed by atoms with Crippen molar-refractivity contribution in [2.45, 2.75) is 44.7 Å². The first-order valence-corrected chi connectivity index (χ1v) is 9.43. The molecule has 2 aliphatic rings. The van der Waals surface area contributed by atoms with Gasteiger partial charge in [-0.25, -0.2) is 9.97 Å². The molecule has 0 N–H and O–H groups in total. The van der Waals surface area contributed by atoms with Gasteiger partial charge in [-0.15, -0.1) is 0 Å². The molecule has 0 aliphatic carbocycles. The first-order chi connectivity index (χ1) is 13.1. The Bertz CT molecular complexity index is 841. The second-order valence-electron chi connectivity index (χ2n) is 7.12. The van der Waals surface area contributed by atoms with E-state index in [0.717, 1.165) is 24.1 Å². The van der Waals surface area contributed by atoms with Gasteiger partial charge >= 0.3 is 0 Å². The third-order valence-corrected chi connectivity index (χ3v) is 5.64. The SMILES string of the molecule is Cc1ncccc1CCC(=O)N1CC[C@@H]2[C@H]1CCN2C(=O)c1ncccn1. The number of carbonyl (C=O) groups is 2. The first-order valence-electron chi connectivity index (χ1n) is 9.43. The van der Waals surface area contributed by atoms with E-state index >= 15 is 0 Å². The van der Waals surface area contributed by atoms with Crippen LogP contribution in [0, 0.1) is 6.92 Å². The lowest BCUT2D eigenvalue weighted by molar-refractivity contribution is -0.132. The first kappa shape index (κ1) is 17.6. The minimum absolute atomic E-state index is 0.0744. The van der Waals surface area contributed by atoms with Gasteiger partial charge in [-0.2, -0.15) is 0 Å². The summed E-state index contributed by atoms with van der Waals surface area (Å²) in [6, 6.07) is 5.82. The van der Waals surface area contributed by atoms with Crippen LogP contribution < -0.4 is 0 Å². The summed E-state index contributed by atoms with van der Waals surface area (Å²) in [5.74, 6) is 0.259. The fraction of sp³-hybridized carbons (Fsp3) is 0.450. The lowest BCUT2D eigenvalue weighted by atomic mass is 10.1. The fourth-order valence-electron chi connectivity index (χ4n) is 4.25. The molecule has 4 rings (SSSR count). The van der Waals surface area contributed by atoms with Crippen LogP contribution in [0.2, 0.25) is 0 Å². The third-order valence-electron chi connectivity index (χ3n) is 5.64. The van der Waals surface area contributed by atoms with E-state index in [9.17, 15) is 9.59 Å². The van der Waals surface area contributed by atoms with Crippen molar-refractivity contribution in [1.29, 1.82) is 0 Å². The van der Waals surface area contributed by atoms with Crippen molar-refractivity contribution in [3.8, 4) is 0 Å². The molecule has 0 spiro atoms. The molecule has 2 aliphatic heterocycles. The second-order valence-corrected chi connectivity index (χ2v) is 7.12. The number of likely N-dealkylation sites (tertiary alicyclic amines) is 2. The van der Waals surface area contributed by atoms with E-state index < -0.39 is 0 Å². The number of amides is 2. The number of rotatable bonds is 4. The number of hydrogen-bond acceptors (Lipinski definition) is 5. The van der Waals surface area contributed by atoms with Gasteiger partial charge in [0.25, 0.3) is 5.91 Å². The smallest absolute Gasteiger partial charge is 0.291 e. The Morgan fingerprint density at radius 2 is 1.67 bits per heavy atom. The number of hydrogen-bond donors (Lipinski definition) is 0. The molecule has 7 nitrogen and oxygen atoms in total. The Hall–Kier alpha value is -2.83. The zero-order valence-electron chi connectivity index (χ0n) is 15.4. The molecule has 0 aromatic carbocycles. The van der Waals surface area contributed by atoms with Crippen molar-refractivity contribution in [2.24, 2.45) is 0 Å². The summed E-state index contributed by atoms with van der Waals surface area (Å²) in [7, 11) is 0. The molecule has 140 valence electrons. The van der Waals surface area contributed by atoms with Gasteiger partial charge in [0.15, 0.2) is 0 Å². The van der Waals surface area contributed by atoms with Crippen molar-refractivity contribution >= 4 is 11.8 Å². The van der Waals surface area contributed by atoms with Gasteiger partial charge in [0, 0.05) is 43.8 Å². The highest BCUT2D eigenvalue weighted by Gasteiger charge is 2.46. The van der Waals surface area contributed by atoms with Crippen molar-refractivity contribution in [3.05, 3.63) is 53.9 Å². The molecule has 0 bridgehead atoms. The standard InChI is InChI=1S/C20H23N5O2/c1-14-15(4-2-9-21-14)5-6-18(26)24-12-7-17-16(24)8-13-25(17)20(27)19-22-10-3-11-23-19/h2-4,9-11,16-17H,5-8,12-13H2,1H3/t16-,17-/m1/s1. The lowest BCUT2D eigenvalue weighted by Crippen LogP contribution is -2.42. The Kier molecular flexibility index (Phi) is 4.83. The predicted molar refractivity (Wildman–Crippen MR) is 98.9 cm³/mol. The fourth-order valence-corrected chi connectivity index (χ4v) is 4.25. The zero-order chi connectivity index (χ0) is 18.8. The highest BCUT2D eigenvalue weighted by atomic mass is 16.2. The van der Waals surface area contributed by atoms with Gasteiger partial charge < -0.3 is 9.80 Å². The number of nitrogens with zero attached hydrogens (tertiary/aromatic N) is 5. The van der Waals surface area contributed by atoms with Gasteiger partial charge in [-0.05, 0) is 43.9 Å². The predicted octanol–water partition coefficient (Wildman–Crippen LogP) is 1.63. The van der Waals surface area contributed by atoms with Crippen molar-refractivity contribution < 1.29 is 9.59 Å².